The van der Waals surface area contributed by atoms with Crippen LogP contribution in [0.25, 0.3) is 0 Å². The van der Waals surface area contributed by atoms with Gasteiger partial charge in [-0.25, -0.2) is 5.01 Å². The second-order valence-corrected chi connectivity index (χ2v) is 6.34. The Hall–Kier alpha value is -3.04. The third kappa shape index (κ3) is 3.28. The second-order valence-electron chi connectivity index (χ2n) is 6.34. The van der Waals surface area contributed by atoms with Crippen molar-refractivity contribution in [1.82, 2.24) is 5.01 Å². The fourth-order valence-electron chi connectivity index (χ4n) is 3.30. The molecule has 0 saturated carbocycles. The molecule has 2 heterocycles. The molecule has 2 aliphatic heterocycles. The number of piperazine rings is 1. The first-order chi connectivity index (χ1) is 12.2. The van der Waals surface area contributed by atoms with Gasteiger partial charge in [-0.1, -0.05) is 0 Å². The molecule has 6 nitrogen and oxygen atoms in total. The van der Waals surface area contributed by atoms with Gasteiger partial charge in [-0.05, 0) is 48.0 Å². The third-order valence-corrected chi connectivity index (χ3v) is 4.66. The molecule has 1 saturated heterocycles. The van der Waals surface area contributed by atoms with E-state index in [1.165, 1.54) is 0 Å². The zero-order valence-corrected chi connectivity index (χ0v) is 13.8. The van der Waals surface area contributed by atoms with Crippen LogP contribution < -0.4 is 15.6 Å². The SMILES string of the molecule is N#Cc1ccc(N2CCN(Nc3ccc4c(c3)CC(=O)N4)CC2)cc1. The molecule has 6 heteroatoms. The highest BCUT2D eigenvalue weighted by molar-refractivity contribution is 5.99. The smallest absolute Gasteiger partial charge is 0.228 e. The lowest BCUT2D eigenvalue weighted by atomic mass is 10.1. The molecule has 25 heavy (non-hydrogen) atoms. The summed E-state index contributed by atoms with van der Waals surface area (Å²) >= 11 is 0. The van der Waals surface area contributed by atoms with Crippen LogP contribution >= 0.6 is 0 Å². The van der Waals surface area contributed by atoms with E-state index in [0.717, 1.165) is 48.8 Å². The van der Waals surface area contributed by atoms with Crippen LogP contribution in [-0.2, 0) is 11.2 Å². The monoisotopic (exact) mass is 333 g/mol. The predicted molar refractivity (Wildman–Crippen MR) is 97.3 cm³/mol. The van der Waals surface area contributed by atoms with Crippen LogP contribution in [0.1, 0.15) is 11.1 Å². The maximum Gasteiger partial charge on any atom is 0.228 e. The number of hydrazine groups is 1. The van der Waals surface area contributed by atoms with E-state index in [9.17, 15) is 4.79 Å². The number of hydrogen-bond acceptors (Lipinski definition) is 5. The van der Waals surface area contributed by atoms with Crippen molar-refractivity contribution in [2.75, 3.05) is 41.8 Å². The summed E-state index contributed by atoms with van der Waals surface area (Å²) in [5.74, 6) is 0.0585. The minimum atomic E-state index is 0.0585. The first kappa shape index (κ1) is 15.5. The zero-order valence-electron chi connectivity index (χ0n) is 13.8. The molecular formula is C19H19N5O. The number of benzene rings is 2. The van der Waals surface area contributed by atoms with Crippen LogP contribution in [0.3, 0.4) is 0 Å². The largest absolute Gasteiger partial charge is 0.369 e. The molecule has 4 rings (SSSR count). The Bertz CT molecular complexity index is 832. The number of fused-ring (bicyclic) bond motifs is 1. The summed E-state index contributed by atoms with van der Waals surface area (Å²) in [4.78, 5) is 13.8. The number of nitrogens with zero attached hydrogens (tertiary/aromatic N) is 3. The van der Waals surface area contributed by atoms with Gasteiger partial charge in [-0.15, -0.1) is 0 Å². The third-order valence-electron chi connectivity index (χ3n) is 4.66. The van der Waals surface area contributed by atoms with Gasteiger partial charge >= 0.3 is 0 Å². The highest BCUT2D eigenvalue weighted by Gasteiger charge is 2.20. The minimum absolute atomic E-state index is 0.0585. The first-order valence-electron chi connectivity index (χ1n) is 8.41. The summed E-state index contributed by atoms with van der Waals surface area (Å²) in [5, 5.41) is 13.9. The fourth-order valence-corrected chi connectivity index (χ4v) is 3.30. The van der Waals surface area contributed by atoms with Gasteiger partial charge in [0.1, 0.15) is 0 Å². The van der Waals surface area contributed by atoms with Gasteiger partial charge < -0.3 is 15.6 Å². The molecule has 2 aromatic rings. The summed E-state index contributed by atoms with van der Waals surface area (Å²) in [7, 11) is 0. The summed E-state index contributed by atoms with van der Waals surface area (Å²) in [6.07, 6.45) is 0.456. The molecule has 1 fully saturated rings. The van der Waals surface area contributed by atoms with E-state index in [1.807, 2.05) is 42.5 Å². The van der Waals surface area contributed by atoms with Crippen LogP contribution in [0, 0.1) is 11.3 Å². The fraction of sp³-hybridized carbons (Fsp3) is 0.263. The first-order valence-corrected chi connectivity index (χ1v) is 8.41. The second kappa shape index (κ2) is 6.46. The Kier molecular flexibility index (Phi) is 4.00. The molecule has 2 aliphatic rings. The lowest BCUT2D eigenvalue weighted by Gasteiger charge is -2.36. The maximum absolute atomic E-state index is 11.4. The van der Waals surface area contributed by atoms with Gasteiger partial charge in [0.15, 0.2) is 0 Å². The molecule has 2 N–H and O–H groups in total. The molecule has 0 aliphatic carbocycles. The number of amides is 1. The van der Waals surface area contributed by atoms with Gasteiger partial charge in [-0.3, -0.25) is 4.79 Å². The molecule has 126 valence electrons. The van der Waals surface area contributed by atoms with E-state index in [4.69, 9.17) is 5.26 Å². The number of rotatable bonds is 3. The number of carbonyl (C=O) groups is 1. The number of carbonyl (C=O) groups excluding carboxylic acids is 1. The predicted octanol–water partition coefficient (Wildman–Crippen LogP) is 2.20. The Morgan fingerprint density at radius 1 is 1.04 bits per heavy atom. The van der Waals surface area contributed by atoms with Gasteiger partial charge in [0, 0.05) is 43.2 Å². The highest BCUT2D eigenvalue weighted by Crippen LogP contribution is 2.26. The molecular weight excluding hydrogens is 314 g/mol. The van der Waals surface area contributed by atoms with Crippen molar-refractivity contribution in [3.05, 3.63) is 53.6 Å². The quantitative estimate of drug-likeness (QED) is 0.901. The summed E-state index contributed by atoms with van der Waals surface area (Å²) < 4.78 is 0. The lowest BCUT2D eigenvalue weighted by molar-refractivity contribution is -0.115. The summed E-state index contributed by atoms with van der Waals surface area (Å²) in [6.45, 7) is 3.64. The van der Waals surface area contributed by atoms with Crippen molar-refractivity contribution in [2.45, 2.75) is 6.42 Å². The van der Waals surface area contributed by atoms with Crippen molar-refractivity contribution < 1.29 is 4.79 Å². The van der Waals surface area contributed by atoms with Crippen molar-refractivity contribution in [1.29, 1.82) is 5.26 Å². The molecule has 0 aromatic heterocycles. The summed E-state index contributed by atoms with van der Waals surface area (Å²) in [5.41, 5.74) is 8.26. The van der Waals surface area contributed by atoms with Crippen molar-refractivity contribution >= 4 is 23.0 Å². The van der Waals surface area contributed by atoms with Crippen LogP contribution in [0.4, 0.5) is 17.1 Å². The molecule has 0 radical (unpaired) electrons. The van der Waals surface area contributed by atoms with E-state index in [-0.39, 0.29) is 5.91 Å². The van der Waals surface area contributed by atoms with Crippen molar-refractivity contribution in [3.63, 3.8) is 0 Å². The number of hydrogen-bond donors (Lipinski definition) is 2. The minimum Gasteiger partial charge on any atom is -0.369 e. The average molecular weight is 333 g/mol. The van der Waals surface area contributed by atoms with Gasteiger partial charge in [0.25, 0.3) is 0 Å². The van der Waals surface area contributed by atoms with Crippen LogP contribution in [0.15, 0.2) is 42.5 Å². The molecule has 0 bridgehead atoms. The molecule has 0 unspecified atom stereocenters. The number of anilines is 3. The van der Waals surface area contributed by atoms with Crippen molar-refractivity contribution in [3.8, 4) is 6.07 Å². The zero-order chi connectivity index (χ0) is 17.2. The topological polar surface area (TPSA) is 71.4 Å². The molecule has 0 spiro atoms. The van der Waals surface area contributed by atoms with Gasteiger partial charge in [-0.2, -0.15) is 5.26 Å². The molecule has 1 amide bonds. The van der Waals surface area contributed by atoms with Crippen LogP contribution in [0.5, 0.6) is 0 Å². The van der Waals surface area contributed by atoms with E-state index >= 15 is 0 Å². The van der Waals surface area contributed by atoms with E-state index in [0.29, 0.717) is 12.0 Å². The highest BCUT2D eigenvalue weighted by atomic mass is 16.1. The average Bonchev–Trinajstić information content (AvgIpc) is 3.02. The van der Waals surface area contributed by atoms with Crippen molar-refractivity contribution in [2.24, 2.45) is 0 Å². The molecule has 0 atom stereocenters. The van der Waals surface area contributed by atoms with Gasteiger partial charge in [0.2, 0.25) is 5.91 Å². The Morgan fingerprint density at radius 3 is 2.52 bits per heavy atom. The summed E-state index contributed by atoms with van der Waals surface area (Å²) in [6, 6.07) is 15.9. The Morgan fingerprint density at radius 2 is 1.80 bits per heavy atom. The number of nitrogens with one attached hydrogen (secondary N) is 2. The van der Waals surface area contributed by atoms with E-state index in [2.05, 4.69) is 26.7 Å². The normalized spacial score (nSPS) is 16.9. The number of nitriles is 1. The van der Waals surface area contributed by atoms with Crippen LogP contribution in [0.2, 0.25) is 0 Å². The molecule has 2 aromatic carbocycles. The van der Waals surface area contributed by atoms with Gasteiger partial charge in [0.05, 0.1) is 18.1 Å². The van der Waals surface area contributed by atoms with E-state index in [1.54, 1.807) is 0 Å². The lowest BCUT2D eigenvalue weighted by Crippen LogP contribution is -2.48. The standard InChI is InChI=1S/C19H19N5O/c20-13-14-1-4-17(5-2-14)23-7-9-24(10-8-23)22-16-3-6-18-15(11-16)12-19(25)21-18/h1-6,11,22H,7-10,12H2,(H,21,25). The van der Waals surface area contributed by atoms with Crippen LogP contribution in [-0.4, -0.2) is 37.1 Å². The Labute approximate surface area is 146 Å². The maximum atomic E-state index is 11.4. The van der Waals surface area contributed by atoms with E-state index < -0.39 is 0 Å². The Balaban J connectivity index is 1.35.